The summed E-state index contributed by atoms with van der Waals surface area (Å²) in [4.78, 5) is 8.17. The van der Waals surface area contributed by atoms with E-state index in [1.165, 1.54) is 6.20 Å². The monoisotopic (exact) mass is 263 g/mol. The Hall–Kier alpha value is -1.81. The molecule has 0 unspecified atom stereocenters. The number of nitrogens with zero attached hydrogens (tertiary/aromatic N) is 2. The lowest BCUT2D eigenvalue weighted by Crippen LogP contribution is -1.98. The predicted molar refractivity (Wildman–Crippen MR) is 72.6 cm³/mol. The van der Waals surface area contributed by atoms with Gasteiger partial charge in [-0.1, -0.05) is 17.7 Å². The molecule has 0 aliphatic carbocycles. The molecule has 0 bridgehead atoms. The summed E-state index contributed by atoms with van der Waals surface area (Å²) in [6.07, 6.45) is 1.51. The van der Waals surface area contributed by atoms with Crippen molar-refractivity contribution in [2.45, 2.75) is 13.8 Å². The fourth-order valence-electron chi connectivity index (χ4n) is 1.65. The van der Waals surface area contributed by atoms with Crippen LogP contribution >= 0.6 is 11.6 Å². The number of hydrogen-bond donors (Lipinski definition) is 1. The normalized spacial score (nSPS) is 10.2. The second-order valence-corrected chi connectivity index (χ2v) is 4.43. The fraction of sp³-hybridized carbons (Fsp3) is 0.231. The zero-order valence-electron chi connectivity index (χ0n) is 10.5. The zero-order chi connectivity index (χ0) is 13.1. The number of aromatic nitrogens is 2. The minimum atomic E-state index is 0.348. The van der Waals surface area contributed by atoms with Gasteiger partial charge >= 0.3 is 0 Å². The van der Waals surface area contributed by atoms with Gasteiger partial charge in [-0.15, -0.1) is 0 Å². The Labute approximate surface area is 111 Å². The Morgan fingerprint density at radius 2 is 1.83 bits per heavy atom. The highest BCUT2D eigenvalue weighted by atomic mass is 35.5. The summed E-state index contributed by atoms with van der Waals surface area (Å²) in [6, 6.07) is 5.95. The molecule has 0 saturated heterocycles. The van der Waals surface area contributed by atoms with Crippen molar-refractivity contribution in [2.24, 2.45) is 0 Å². The zero-order valence-corrected chi connectivity index (χ0v) is 11.2. The van der Waals surface area contributed by atoms with Crippen molar-refractivity contribution in [3.05, 3.63) is 40.5 Å². The highest BCUT2D eigenvalue weighted by molar-refractivity contribution is 6.31. The molecule has 18 heavy (non-hydrogen) atoms. The Morgan fingerprint density at radius 3 is 2.44 bits per heavy atom. The smallest absolute Gasteiger partial charge is 0.243 e. The van der Waals surface area contributed by atoms with Gasteiger partial charge in [-0.2, -0.15) is 4.98 Å². The average molecular weight is 264 g/mol. The van der Waals surface area contributed by atoms with Crippen LogP contribution in [0.5, 0.6) is 11.6 Å². The van der Waals surface area contributed by atoms with Crippen LogP contribution in [-0.2, 0) is 0 Å². The van der Waals surface area contributed by atoms with Crippen LogP contribution in [0.25, 0.3) is 0 Å². The van der Waals surface area contributed by atoms with Crippen LogP contribution in [0, 0.1) is 13.8 Å². The maximum absolute atomic E-state index is 6.00. The third-order valence-electron chi connectivity index (χ3n) is 2.35. The van der Waals surface area contributed by atoms with E-state index >= 15 is 0 Å². The lowest BCUT2D eigenvalue weighted by Gasteiger charge is -2.09. The molecular weight excluding hydrogens is 250 g/mol. The Bertz CT molecular complexity index is 552. The molecule has 0 radical (unpaired) electrons. The molecular formula is C13H14ClN3O. The van der Waals surface area contributed by atoms with Crippen molar-refractivity contribution in [1.82, 2.24) is 9.97 Å². The van der Waals surface area contributed by atoms with Crippen LogP contribution in [0.15, 0.2) is 24.4 Å². The largest absolute Gasteiger partial charge is 0.437 e. The van der Waals surface area contributed by atoms with E-state index in [0.717, 1.165) is 16.9 Å². The van der Waals surface area contributed by atoms with E-state index in [-0.39, 0.29) is 0 Å². The van der Waals surface area contributed by atoms with E-state index in [0.29, 0.717) is 16.9 Å². The number of halogens is 1. The van der Waals surface area contributed by atoms with Crippen molar-refractivity contribution in [3.8, 4) is 11.6 Å². The van der Waals surface area contributed by atoms with Crippen LogP contribution in [-0.4, -0.2) is 17.0 Å². The molecule has 0 atom stereocenters. The third kappa shape index (κ3) is 2.90. The van der Waals surface area contributed by atoms with E-state index in [2.05, 4.69) is 21.4 Å². The van der Waals surface area contributed by atoms with Crippen molar-refractivity contribution < 1.29 is 4.74 Å². The summed E-state index contributed by atoms with van der Waals surface area (Å²) >= 11 is 6.00. The maximum Gasteiger partial charge on any atom is 0.243 e. The third-order valence-corrected chi connectivity index (χ3v) is 2.60. The van der Waals surface area contributed by atoms with E-state index in [4.69, 9.17) is 16.3 Å². The van der Waals surface area contributed by atoms with Gasteiger partial charge in [-0.25, -0.2) is 4.98 Å². The average Bonchev–Trinajstić information content (AvgIpc) is 2.30. The molecule has 1 aromatic carbocycles. The lowest BCUT2D eigenvalue weighted by atomic mass is 10.1. The molecule has 0 amide bonds. The van der Waals surface area contributed by atoms with Gasteiger partial charge < -0.3 is 10.1 Å². The second-order valence-electron chi connectivity index (χ2n) is 4.02. The topological polar surface area (TPSA) is 47.0 Å². The quantitative estimate of drug-likeness (QED) is 0.919. The van der Waals surface area contributed by atoms with Crippen LogP contribution < -0.4 is 10.1 Å². The fourth-order valence-corrected chi connectivity index (χ4v) is 1.78. The Morgan fingerprint density at radius 1 is 1.17 bits per heavy atom. The molecule has 1 N–H and O–H groups in total. The number of rotatable bonds is 3. The molecule has 94 valence electrons. The number of aryl methyl sites for hydroxylation is 2. The lowest BCUT2D eigenvalue weighted by molar-refractivity contribution is 0.462. The number of nitrogens with one attached hydrogen (secondary N) is 1. The molecule has 0 aliphatic rings. The molecule has 0 fully saturated rings. The summed E-state index contributed by atoms with van der Waals surface area (Å²) in [5.41, 5.74) is 2.26. The van der Waals surface area contributed by atoms with Gasteiger partial charge in [-0.05, 0) is 37.1 Å². The molecule has 2 rings (SSSR count). The molecule has 0 saturated carbocycles. The SMILES string of the molecule is CNc1ncc(Cl)c(Oc2cc(C)cc(C)c2)n1. The number of benzene rings is 1. The van der Waals surface area contributed by atoms with Gasteiger partial charge in [0.1, 0.15) is 10.8 Å². The molecule has 1 heterocycles. The molecule has 0 spiro atoms. The van der Waals surface area contributed by atoms with Gasteiger partial charge in [0.25, 0.3) is 0 Å². The summed E-state index contributed by atoms with van der Waals surface area (Å²) in [5, 5.41) is 3.22. The first kappa shape index (κ1) is 12.6. The van der Waals surface area contributed by atoms with Gasteiger partial charge in [0.2, 0.25) is 11.8 Å². The summed E-state index contributed by atoms with van der Waals surface area (Å²) in [7, 11) is 1.74. The van der Waals surface area contributed by atoms with Gasteiger partial charge in [0, 0.05) is 7.05 Å². The first-order chi connectivity index (χ1) is 8.58. The highest BCUT2D eigenvalue weighted by Gasteiger charge is 2.08. The summed E-state index contributed by atoms with van der Waals surface area (Å²) in [5.74, 6) is 1.54. The predicted octanol–water partition coefficient (Wildman–Crippen LogP) is 3.58. The van der Waals surface area contributed by atoms with Crippen molar-refractivity contribution in [3.63, 3.8) is 0 Å². The highest BCUT2D eigenvalue weighted by Crippen LogP contribution is 2.28. The van der Waals surface area contributed by atoms with Crippen molar-refractivity contribution in [2.75, 3.05) is 12.4 Å². The van der Waals surface area contributed by atoms with Crippen LogP contribution in [0.2, 0.25) is 5.02 Å². The van der Waals surface area contributed by atoms with E-state index < -0.39 is 0 Å². The van der Waals surface area contributed by atoms with Gasteiger partial charge in [-0.3, -0.25) is 0 Å². The van der Waals surface area contributed by atoms with E-state index in [1.54, 1.807) is 7.05 Å². The van der Waals surface area contributed by atoms with Crippen LogP contribution in [0.3, 0.4) is 0 Å². The van der Waals surface area contributed by atoms with Gasteiger partial charge in [0.05, 0.1) is 6.20 Å². The minimum Gasteiger partial charge on any atom is -0.437 e. The Balaban J connectivity index is 2.33. The first-order valence-electron chi connectivity index (χ1n) is 5.55. The molecule has 1 aromatic heterocycles. The van der Waals surface area contributed by atoms with Crippen molar-refractivity contribution >= 4 is 17.5 Å². The molecule has 0 aliphatic heterocycles. The number of hydrogen-bond acceptors (Lipinski definition) is 4. The molecule has 2 aromatic rings. The second kappa shape index (κ2) is 5.23. The first-order valence-corrected chi connectivity index (χ1v) is 5.92. The van der Waals surface area contributed by atoms with Gasteiger partial charge in [0.15, 0.2) is 0 Å². The van der Waals surface area contributed by atoms with Crippen molar-refractivity contribution in [1.29, 1.82) is 0 Å². The maximum atomic E-state index is 6.00. The summed E-state index contributed by atoms with van der Waals surface area (Å²) < 4.78 is 5.69. The van der Waals surface area contributed by atoms with Crippen LogP contribution in [0.1, 0.15) is 11.1 Å². The summed E-state index contributed by atoms with van der Waals surface area (Å²) in [6.45, 7) is 4.03. The molecule has 5 heteroatoms. The number of anilines is 1. The molecule has 4 nitrogen and oxygen atoms in total. The minimum absolute atomic E-state index is 0.348. The van der Waals surface area contributed by atoms with Crippen LogP contribution in [0.4, 0.5) is 5.95 Å². The van der Waals surface area contributed by atoms with E-state index in [1.807, 2.05) is 26.0 Å². The van der Waals surface area contributed by atoms with E-state index in [9.17, 15) is 0 Å². The number of ether oxygens (including phenoxy) is 1. The standard InChI is InChI=1S/C13H14ClN3O/c1-8-4-9(2)6-10(5-8)18-12-11(14)7-16-13(15-3)17-12/h4-7H,1-3H3,(H,15,16,17). The Kier molecular flexibility index (Phi) is 3.67.